The van der Waals surface area contributed by atoms with Gasteiger partial charge in [0.1, 0.15) is 12.2 Å². The minimum absolute atomic E-state index is 0.00602. The Bertz CT molecular complexity index is 108. The maximum Gasteiger partial charge on any atom is 0.151 e. The average molecular weight is 166 g/mol. The SMILES string of the molecule is O=C[C@H](O)[C@@H](O)[C@H](O)CS. The lowest BCUT2D eigenvalue weighted by molar-refractivity contribution is -0.124. The van der Waals surface area contributed by atoms with Crippen molar-refractivity contribution in [2.45, 2.75) is 18.3 Å². The van der Waals surface area contributed by atoms with Gasteiger partial charge < -0.3 is 20.1 Å². The van der Waals surface area contributed by atoms with E-state index in [1.807, 2.05) is 0 Å². The molecule has 0 saturated heterocycles. The van der Waals surface area contributed by atoms with Crippen LogP contribution in [0.15, 0.2) is 0 Å². The van der Waals surface area contributed by atoms with Crippen LogP contribution < -0.4 is 0 Å². The van der Waals surface area contributed by atoms with Gasteiger partial charge in [-0.05, 0) is 0 Å². The summed E-state index contributed by atoms with van der Waals surface area (Å²) in [5, 5.41) is 26.2. The molecule has 5 heteroatoms. The molecule has 0 aromatic heterocycles. The third-order valence-corrected chi connectivity index (χ3v) is 1.44. The highest BCUT2D eigenvalue weighted by Crippen LogP contribution is 1.99. The van der Waals surface area contributed by atoms with Crippen LogP contribution in [0.4, 0.5) is 0 Å². The quantitative estimate of drug-likeness (QED) is 0.293. The summed E-state index contributed by atoms with van der Waals surface area (Å²) < 4.78 is 0. The molecule has 3 atom stereocenters. The van der Waals surface area contributed by atoms with Gasteiger partial charge in [-0.15, -0.1) is 0 Å². The number of carbonyl (C=O) groups excluding carboxylic acids is 1. The van der Waals surface area contributed by atoms with Gasteiger partial charge in [0.2, 0.25) is 0 Å². The van der Waals surface area contributed by atoms with Crippen LogP contribution in [0, 0.1) is 0 Å². The lowest BCUT2D eigenvalue weighted by atomic mass is 10.1. The third kappa shape index (κ3) is 2.66. The number of aliphatic hydroxyl groups excluding tert-OH is 3. The summed E-state index contributed by atoms with van der Waals surface area (Å²) in [5.41, 5.74) is 0. The maximum atomic E-state index is 9.82. The molecule has 0 bridgehead atoms. The topological polar surface area (TPSA) is 77.8 Å². The molecular weight excluding hydrogens is 156 g/mol. The second-order valence-electron chi connectivity index (χ2n) is 1.87. The number of thiol groups is 1. The van der Waals surface area contributed by atoms with Gasteiger partial charge >= 0.3 is 0 Å². The van der Waals surface area contributed by atoms with Gasteiger partial charge in [0.15, 0.2) is 6.29 Å². The predicted octanol–water partition coefficient (Wildman–Crippen LogP) is -1.80. The van der Waals surface area contributed by atoms with Crippen molar-refractivity contribution in [2.75, 3.05) is 5.75 Å². The number of hydrogen-bond donors (Lipinski definition) is 4. The molecule has 0 aromatic rings. The minimum atomic E-state index is -1.53. The molecule has 3 N–H and O–H groups in total. The lowest BCUT2D eigenvalue weighted by Crippen LogP contribution is -2.39. The van der Waals surface area contributed by atoms with Crippen molar-refractivity contribution in [1.29, 1.82) is 0 Å². The molecule has 0 saturated carbocycles. The molecule has 0 aromatic carbocycles. The Hall–Kier alpha value is -0.100. The third-order valence-electron chi connectivity index (χ3n) is 1.07. The minimum Gasteiger partial charge on any atom is -0.389 e. The number of rotatable bonds is 4. The van der Waals surface area contributed by atoms with E-state index in [2.05, 4.69) is 12.6 Å². The van der Waals surface area contributed by atoms with E-state index in [-0.39, 0.29) is 12.0 Å². The van der Waals surface area contributed by atoms with Crippen molar-refractivity contribution < 1.29 is 20.1 Å². The zero-order valence-corrected chi connectivity index (χ0v) is 6.11. The molecule has 0 fully saturated rings. The Balaban J connectivity index is 3.80. The second kappa shape index (κ2) is 4.68. The Kier molecular flexibility index (Phi) is 4.63. The van der Waals surface area contributed by atoms with E-state index in [0.29, 0.717) is 0 Å². The van der Waals surface area contributed by atoms with Crippen molar-refractivity contribution in [2.24, 2.45) is 0 Å². The molecule has 0 aliphatic rings. The highest BCUT2D eigenvalue weighted by atomic mass is 32.1. The highest BCUT2D eigenvalue weighted by Gasteiger charge is 2.22. The fourth-order valence-corrected chi connectivity index (χ4v) is 0.632. The van der Waals surface area contributed by atoms with Gasteiger partial charge in [-0.25, -0.2) is 0 Å². The summed E-state index contributed by atoms with van der Waals surface area (Å²) in [6.45, 7) is 0. The van der Waals surface area contributed by atoms with Crippen LogP contribution >= 0.6 is 12.6 Å². The van der Waals surface area contributed by atoms with Crippen molar-refractivity contribution >= 4 is 18.9 Å². The first-order valence-corrected chi connectivity index (χ1v) is 3.37. The van der Waals surface area contributed by atoms with Crippen LogP contribution in [0.1, 0.15) is 0 Å². The van der Waals surface area contributed by atoms with E-state index in [9.17, 15) is 4.79 Å². The second-order valence-corrected chi connectivity index (χ2v) is 2.23. The fraction of sp³-hybridized carbons (Fsp3) is 0.800. The summed E-state index contributed by atoms with van der Waals surface area (Å²) in [6, 6.07) is 0. The van der Waals surface area contributed by atoms with Crippen LogP contribution in [-0.4, -0.2) is 45.7 Å². The van der Waals surface area contributed by atoms with Crippen LogP contribution in [0.2, 0.25) is 0 Å². The molecule has 0 radical (unpaired) electrons. The normalized spacial score (nSPS) is 19.6. The van der Waals surface area contributed by atoms with E-state index >= 15 is 0 Å². The maximum absolute atomic E-state index is 9.82. The summed E-state index contributed by atoms with van der Waals surface area (Å²) in [7, 11) is 0. The molecule has 0 aliphatic heterocycles. The first-order valence-electron chi connectivity index (χ1n) is 2.73. The first-order chi connectivity index (χ1) is 4.63. The Morgan fingerprint density at radius 1 is 1.40 bits per heavy atom. The Morgan fingerprint density at radius 3 is 2.20 bits per heavy atom. The largest absolute Gasteiger partial charge is 0.389 e. The first kappa shape index (κ1) is 9.90. The summed E-state index contributed by atoms with van der Waals surface area (Å²) in [5.74, 6) is 0.00602. The standard InChI is InChI=1S/C5H10O4S/c6-1-3(7)5(9)4(8)2-10/h1,3-5,7-10H,2H2/t3-,4+,5+/m0/s1. The van der Waals surface area contributed by atoms with E-state index < -0.39 is 18.3 Å². The van der Waals surface area contributed by atoms with Crippen molar-refractivity contribution in [3.63, 3.8) is 0 Å². The zero-order chi connectivity index (χ0) is 8.15. The monoisotopic (exact) mass is 166 g/mol. The van der Waals surface area contributed by atoms with Crippen LogP contribution in [0.5, 0.6) is 0 Å². The molecule has 60 valence electrons. The number of carbonyl (C=O) groups is 1. The van der Waals surface area contributed by atoms with E-state index in [1.165, 1.54) is 0 Å². The molecule has 0 rings (SSSR count). The van der Waals surface area contributed by atoms with Crippen LogP contribution in [0.25, 0.3) is 0 Å². The molecule has 0 unspecified atom stereocenters. The van der Waals surface area contributed by atoms with E-state index in [4.69, 9.17) is 15.3 Å². The van der Waals surface area contributed by atoms with Crippen molar-refractivity contribution in [1.82, 2.24) is 0 Å². The van der Waals surface area contributed by atoms with Gasteiger partial charge in [0.25, 0.3) is 0 Å². The molecule has 0 amide bonds. The number of hydrogen-bond acceptors (Lipinski definition) is 5. The average Bonchev–Trinajstić information content (AvgIpc) is 2.00. The van der Waals surface area contributed by atoms with Gasteiger partial charge in [-0.2, -0.15) is 12.6 Å². The molecular formula is C5H10O4S. The molecule has 0 heterocycles. The molecule has 0 aliphatic carbocycles. The number of aliphatic hydroxyl groups is 3. The number of aldehydes is 1. The fourth-order valence-electron chi connectivity index (χ4n) is 0.416. The van der Waals surface area contributed by atoms with Crippen LogP contribution in [0.3, 0.4) is 0 Å². The lowest BCUT2D eigenvalue weighted by Gasteiger charge is -2.16. The predicted molar refractivity (Wildman–Crippen MR) is 37.9 cm³/mol. The van der Waals surface area contributed by atoms with Crippen molar-refractivity contribution in [3.8, 4) is 0 Å². The van der Waals surface area contributed by atoms with Gasteiger partial charge in [-0.3, -0.25) is 0 Å². The summed E-state index contributed by atoms with van der Waals surface area (Å²) >= 11 is 3.65. The molecule has 10 heavy (non-hydrogen) atoms. The summed E-state index contributed by atoms with van der Waals surface area (Å²) in [4.78, 5) is 9.82. The highest BCUT2D eigenvalue weighted by molar-refractivity contribution is 7.80. The zero-order valence-electron chi connectivity index (χ0n) is 5.21. The Morgan fingerprint density at radius 2 is 1.90 bits per heavy atom. The smallest absolute Gasteiger partial charge is 0.151 e. The van der Waals surface area contributed by atoms with Gasteiger partial charge in [-0.1, -0.05) is 0 Å². The van der Waals surface area contributed by atoms with Crippen LogP contribution in [-0.2, 0) is 4.79 Å². The van der Waals surface area contributed by atoms with Gasteiger partial charge in [0, 0.05) is 5.75 Å². The van der Waals surface area contributed by atoms with Crippen molar-refractivity contribution in [3.05, 3.63) is 0 Å². The molecule has 4 nitrogen and oxygen atoms in total. The van der Waals surface area contributed by atoms with E-state index in [0.717, 1.165) is 0 Å². The molecule has 0 spiro atoms. The Labute approximate surface area is 63.9 Å². The summed E-state index contributed by atoms with van der Waals surface area (Å²) in [6.07, 6.45) is -3.96. The van der Waals surface area contributed by atoms with Gasteiger partial charge in [0.05, 0.1) is 6.10 Å². The van der Waals surface area contributed by atoms with E-state index in [1.54, 1.807) is 0 Å².